The van der Waals surface area contributed by atoms with Crippen LogP contribution in [0.2, 0.25) is 0 Å². The zero-order chi connectivity index (χ0) is 26.9. The Morgan fingerprint density at radius 2 is 2.03 bits per heavy atom. The quantitative estimate of drug-likeness (QED) is 0.526. The zero-order valence-electron chi connectivity index (χ0n) is 20.0. The van der Waals surface area contributed by atoms with Crippen LogP contribution in [-0.4, -0.2) is 67.0 Å². The van der Waals surface area contributed by atoms with Gasteiger partial charge in [-0.2, -0.15) is 13.2 Å². The number of nitrogens with zero attached hydrogens (tertiary/aromatic N) is 3. The molecule has 15 heteroatoms. The maximum atomic E-state index is 13.7. The molecule has 1 aromatic heterocycles. The SMILES string of the molecule is CCn1cc(S(=O)(=O)N2c3cc(NC(=O)OC(C)(C)C(F)(F)F)ccc3OC[C@H]2C)c(OCCO)n1. The van der Waals surface area contributed by atoms with Crippen LogP contribution >= 0.6 is 0 Å². The maximum absolute atomic E-state index is 13.7. The number of alkyl halides is 3. The molecule has 0 radical (unpaired) electrons. The van der Waals surface area contributed by atoms with Crippen molar-refractivity contribution >= 4 is 27.5 Å². The van der Waals surface area contributed by atoms with E-state index in [-0.39, 0.29) is 47.7 Å². The van der Waals surface area contributed by atoms with E-state index in [0.29, 0.717) is 20.4 Å². The van der Waals surface area contributed by atoms with Crippen molar-refractivity contribution in [3.05, 3.63) is 24.4 Å². The third-order valence-corrected chi connectivity index (χ3v) is 7.15. The summed E-state index contributed by atoms with van der Waals surface area (Å²) in [6, 6.07) is 3.27. The number of carbonyl (C=O) groups excluding carboxylic acids is 1. The van der Waals surface area contributed by atoms with Gasteiger partial charge in [-0.15, -0.1) is 5.10 Å². The van der Waals surface area contributed by atoms with Gasteiger partial charge in [0.2, 0.25) is 5.60 Å². The number of aromatic nitrogens is 2. The standard InChI is InChI=1S/C21H27F3N4O7S/c1-5-27-11-17(18(26-27)33-9-8-29)36(31,32)28-13(2)12-34-16-7-6-14(10-15(16)28)25-19(30)35-20(3,4)21(22,23)24/h6-7,10-11,13,29H,5,8-9,12H2,1-4H3,(H,25,30)/t13-/m1/s1. The monoisotopic (exact) mass is 536 g/mol. The van der Waals surface area contributed by atoms with E-state index in [1.807, 2.05) is 0 Å². The predicted octanol–water partition coefficient (Wildman–Crippen LogP) is 3.14. The molecule has 11 nitrogen and oxygen atoms in total. The van der Waals surface area contributed by atoms with Gasteiger partial charge in [0.1, 0.15) is 19.0 Å². The molecule has 0 fully saturated rings. The first-order chi connectivity index (χ1) is 16.7. The summed E-state index contributed by atoms with van der Waals surface area (Å²) >= 11 is 0. The first-order valence-corrected chi connectivity index (χ1v) is 12.3. The van der Waals surface area contributed by atoms with Crippen molar-refractivity contribution in [2.24, 2.45) is 0 Å². The van der Waals surface area contributed by atoms with Crippen LogP contribution < -0.4 is 19.1 Å². The largest absolute Gasteiger partial charge is 0.489 e. The molecule has 0 bridgehead atoms. The Bertz CT molecular complexity index is 1210. The van der Waals surface area contributed by atoms with E-state index >= 15 is 0 Å². The summed E-state index contributed by atoms with van der Waals surface area (Å²) in [7, 11) is -4.30. The summed E-state index contributed by atoms with van der Waals surface area (Å²) in [5.74, 6) is -0.0229. The van der Waals surface area contributed by atoms with Crippen LogP contribution in [0.4, 0.5) is 29.3 Å². The van der Waals surface area contributed by atoms with Crippen molar-refractivity contribution in [2.75, 3.05) is 29.4 Å². The van der Waals surface area contributed by atoms with Crippen molar-refractivity contribution in [3.63, 3.8) is 0 Å². The topological polar surface area (TPSA) is 132 Å². The van der Waals surface area contributed by atoms with Gasteiger partial charge in [0.05, 0.1) is 18.3 Å². The lowest BCUT2D eigenvalue weighted by Crippen LogP contribution is -2.45. The Morgan fingerprint density at radius 3 is 2.64 bits per heavy atom. The number of hydrogen-bond acceptors (Lipinski definition) is 8. The van der Waals surface area contributed by atoms with Gasteiger partial charge in [-0.1, -0.05) is 0 Å². The lowest BCUT2D eigenvalue weighted by atomic mass is 10.1. The van der Waals surface area contributed by atoms with Gasteiger partial charge in [0.25, 0.3) is 15.9 Å². The Balaban J connectivity index is 1.97. The van der Waals surface area contributed by atoms with Crippen LogP contribution in [0.3, 0.4) is 0 Å². The van der Waals surface area contributed by atoms with Crippen LogP contribution in [0, 0.1) is 0 Å². The van der Waals surface area contributed by atoms with Gasteiger partial charge in [0, 0.05) is 18.4 Å². The molecule has 1 aliphatic heterocycles. The van der Waals surface area contributed by atoms with Gasteiger partial charge in [-0.25, -0.2) is 13.2 Å². The Hall–Kier alpha value is -3.20. The number of nitrogens with one attached hydrogen (secondary N) is 1. The molecule has 1 atom stereocenters. The van der Waals surface area contributed by atoms with Crippen LogP contribution in [0.1, 0.15) is 27.7 Å². The summed E-state index contributed by atoms with van der Waals surface area (Å²) in [5.41, 5.74) is -2.72. The third kappa shape index (κ3) is 5.46. The highest BCUT2D eigenvalue weighted by molar-refractivity contribution is 7.93. The second-order valence-corrected chi connectivity index (χ2v) is 10.2. The zero-order valence-corrected chi connectivity index (χ0v) is 20.8. The minimum Gasteiger partial charge on any atom is -0.489 e. The fourth-order valence-corrected chi connectivity index (χ4v) is 5.00. The van der Waals surface area contributed by atoms with E-state index < -0.39 is 33.9 Å². The Kier molecular flexibility index (Phi) is 7.64. The van der Waals surface area contributed by atoms with Gasteiger partial charge in [-0.3, -0.25) is 14.3 Å². The van der Waals surface area contributed by atoms with Gasteiger partial charge in [0.15, 0.2) is 4.90 Å². The van der Waals surface area contributed by atoms with Gasteiger partial charge in [-0.05, 0) is 45.9 Å². The highest BCUT2D eigenvalue weighted by Crippen LogP contribution is 2.41. The van der Waals surface area contributed by atoms with Crippen LogP contribution in [0.25, 0.3) is 0 Å². The molecule has 2 N–H and O–H groups in total. The second-order valence-electron chi connectivity index (χ2n) is 8.39. The Labute approximate surface area is 205 Å². The Morgan fingerprint density at radius 1 is 1.33 bits per heavy atom. The summed E-state index contributed by atoms with van der Waals surface area (Å²) in [4.78, 5) is 11.9. The highest BCUT2D eigenvalue weighted by atomic mass is 32.2. The van der Waals surface area contributed by atoms with Gasteiger partial charge >= 0.3 is 12.3 Å². The van der Waals surface area contributed by atoms with Crippen LogP contribution in [0.5, 0.6) is 11.6 Å². The number of benzene rings is 1. The number of rotatable bonds is 8. The van der Waals surface area contributed by atoms with Gasteiger partial charge < -0.3 is 19.3 Å². The number of aryl methyl sites for hydroxylation is 1. The molecule has 36 heavy (non-hydrogen) atoms. The van der Waals surface area contributed by atoms with E-state index in [2.05, 4.69) is 15.2 Å². The molecule has 3 rings (SSSR count). The lowest BCUT2D eigenvalue weighted by Gasteiger charge is -2.35. The molecular formula is C21H27F3N4O7S. The molecule has 1 aliphatic rings. The molecule has 2 aromatic rings. The summed E-state index contributed by atoms with van der Waals surface area (Å²) < 4.78 is 84.5. The van der Waals surface area contributed by atoms with Crippen molar-refractivity contribution in [1.29, 1.82) is 0 Å². The molecule has 0 spiro atoms. The predicted molar refractivity (Wildman–Crippen MR) is 122 cm³/mol. The second kappa shape index (κ2) is 10.0. The number of carbonyl (C=O) groups is 1. The lowest BCUT2D eigenvalue weighted by molar-refractivity contribution is -0.242. The molecule has 200 valence electrons. The average molecular weight is 537 g/mol. The molecular weight excluding hydrogens is 509 g/mol. The van der Waals surface area contributed by atoms with Crippen LogP contribution in [0.15, 0.2) is 29.3 Å². The van der Waals surface area contributed by atoms with Crippen LogP contribution in [-0.2, 0) is 21.3 Å². The maximum Gasteiger partial charge on any atom is 0.427 e. The van der Waals surface area contributed by atoms with E-state index in [1.165, 1.54) is 29.1 Å². The van der Waals surface area contributed by atoms with E-state index in [4.69, 9.17) is 14.6 Å². The molecule has 0 saturated carbocycles. The minimum absolute atomic E-state index is 0.00949. The number of ether oxygens (including phenoxy) is 3. The summed E-state index contributed by atoms with van der Waals surface area (Å²) in [6.07, 6.45) is -4.88. The molecule has 0 aliphatic carbocycles. The first-order valence-electron chi connectivity index (χ1n) is 10.9. The van der Waals surface area contributed by atoms with Crippen molar-refractivity contribution in [1.82, 2.24) is 9.78 Å². The first kappa shape index (κ1) is 27.4. The number of hydrogen-bond donors (Lipinski definition) is 2. The smallest absolute Gasteiger partial charge is 0.427 e. The summed E-state index contributed by atoms with van der Waals surface area (Å²) in [5, 5.41) is 15.4. The normalized spacial score (nSPS) is 16.2. The molecule has 2 heterocycles. The number of amides is 1. The number of aliphatic hydroxyl groups excluding tert-OH is 1. The highest BCUT2D eigenvalue weighted by Gasteiger charge is 2.51. The summed E-state index contributed by atoms with van der Waals surface area (Å²) in [6.45, 7) is 4.59. The average Bonchev–Trinajstić information content (AvgIpc) is 3.20. The van der Waals surface area contributed by atoms with Crippen molar-refractivity contribution in [3.8, 4) is 11.6 Å². The van der Waals surface area contributed by atoms with E-state index in [1.54, 1.807) is 13.8 Å². The minimum atomic E-state index is -4.80. The molecule has 0 saturated heterocycles. The number of halogens is 3. The van der Waals surface area contributed by atoms with Crippen molar-refractivity contribution < 1.29 is 45.7 Å². The van der Waals surface area contributed by atoms with E-state index in [0.717, 1.165) is 4.31 Å². The van der Waals surface area contributed by atoms with E-state index in [9.17, 15) is 26.4 Å². The molecule has 1 amide bonds. The number of aliphatic hydroxyl groups is 1. The van der Waals surface area contributed by atoms with Crippen molar-refractivity contribution in [2.45, 2.75) is 57.0 Å². The number of sulfonamides is 1. The fraction of sp³-hybridized carbons (Fsp3) is 0.524. The molecule has 1 aromatic carbocycles. The fourth-order valence-electron chi connectivity index (χ4n) is 3.28. The third-order valence-electron chi connectivity index (χ3n) is 5.24. The number of fused-ring (bicyclic) bond motifs is 1. The number of anilines is 2. The molecule has 0 unspecified atom stereocenters.